The van der Waals surface area contributed by atoms with E-state index in [1.807, 2.05) is 56.3 Å². The predicted octanol–water partition coefficient (Wildman–Crippen LogP) is 3.48. The highest BCUT2D eigenvalue weighted by Gasteiger charge is 2.27. The molecule has 3 aromatic rings. The van der Waals surface area contributed by atoms with E-state index in [0.717, 1.165) is 33.4 Å². The third kappa shape index (κ3) is 4.57. The molecule has 0 spiro atoms. The molecule has 166 valence electrons. The summed E-state index contributed by atoms with van der Waals surface area (Å²) < 4.78 is 5.92. The lowest BCUT2D eigenvalue weighted by molar-refractivity contribution is -0.125. The van der Waals surface area contributed by atoms with Crippen molar-refractivity contribution in [3.05, 3.63) is 65.1 Å². The molecule has 0 radical (unpaired) electrons. The number of hydrogen-bond acceptors (Lipinski definition) is 5. The summed E-state index contributed by atoms with van der Waals surface area (Å²) in [5.41, 5.74) is 3.69. The largest absolute Gasteiger partial charge is 0.459 e. The number of anilines is 1. The fraction of sp³-hybridized carbons (Fsp3) is 0.320. The first-order chi connectivity index (χ1) is 15.3. The smallest absolute Gasteiger partial charge is 0.246 e. The third-order valence-corrected chi connectivity index (χ3v) is 5.77. The molecule has 0 saturated carbocycles. The van der Waals surface area contributed by atoms with Crippen LogP contribution >= 0.6 is 0 Å². The molecule has 1 aliphatic rings. The van der Waals surface area contributed by atoms with Crippen LogP contribution in [0.5, 0.6) is 0 Å². The first-order valence-corrected chi connectivity index (χ1v) is 10.7. The second-order valence-corrected chi connectivity index (χ2v) is 8.60. The fourth-order valence-electron chi connectivity index (χ4n) is 4.02. The average molecular weight is 433 g/mol. The minimum absolute atomic E-state index is 0.000301. The number of hydrogen-bond donors (Lipinski definition) is 1. The van der Waals surface area contributed by atoms with Gasteiger partial charge in [-0.25, -0.2) is 4.98 Å². The Bertz CT molecular complexity index is 1200. The molecule has 2 aromatic heterocycles. The van der Waals surface area contributed by atoms with E-state index in [1.54, 1.807) is 30.3 Å². The van der Waals surface area contributed by atoms with Gasteiger partial charge in [-0.05, 0) is 56.8 Å². The maximum atomic E-state index is 12.7. The molecule has 32 heavy (non-hydrogen) atoms. The number of nitrogens with zero attached hydrogens (tertiary/aromatic N) is 3. The normalized spacial score (nSPS) is 15.9. The van der Waals surface area contributed by atoms with Crippen LogP contribution in [0.4, 0.5) is 5.82 Å². The number of para-hydroxylation sites is 1. The second-order valence-electron chi connectivity index (χ2n) is 8.60. The Kier molecular flexibility index (Phi) is 6.10. The van der Waals surface area contributed by atoms with Crippen LogP contribution in [0.25, 0.3) is 17.0 Å². The number of amides is 2. The van der Waals surface area contributed by atoms with Crippen molar-refractivity contribution >= 4 is 34.7 Å². The number of pyridine rings is 1. The maximum absolute atomic E-state index is 12.7. The van der Waals surface area contributed by atoms with E-state index in [2.05, 4.69) is 10.3 Å². The van der Waals surface area contributed by atoms with E-state index < -0.39 is 0 Å². The summed E-state index contributed by atoms with van der Waals surface area (Å²) in [5.74, 6) is 1.15. The lowest BCUT2D eigenvalue weighted by Gasteiger charge is -2.26. The number of nitrogens with one attached hydrogen (secondary N) is 1. The number of fused-ring (bicyclic) bond motifs is 2. The lowest BCUT2D eigenvalue weighted by atomic mass is 9.94. The van der Waals surface area contributed by atoms with Crippen LogP contribution < -0.4 is 5.32 Å². The van der Waals surface area contributed by atoms with Crippen molar-refractivity contribution in [3.8, 4) is 0 Å². The van der Waals surface area contributed by atoms with E-state index in [9.17, 15) is 9.59 Å². The first kappa shape index (κ1) is 21.8. The highest BCUT2D eigenvalue weighted by atomic mass is 16.3. The fourth-order valence-corrected chi connectivity index (χ4v) is 4.02. The number of aromatic nitrogens is 1. The number of furan rings is 1. The Morgan fingerprint density at radius 2 is 2.06 bits per heavy atom. The Morgan fingerprint density at radius 1 is 1.28 bits per heavy atom. The molecule has 3 heterocycles. The quantitative estimate of drug-likeness (QED) is 0.604. The summed E-state index contributed by atoms with van der Waals surface area (Å²) in [4.78, 5) is 32.9. The van der Waals surface area contributed by atoms with Crippen LogP contribution in [0.2, 0.25) is 0 Å². The van der Waals surface area contributed by atoms with Gasteiger partial charge in [-0.3, -0.25) is 9.59 Å². The molecule has 0 bridgehead atoms. The van der Waals surface area contributed by atoms with Gasteiger partial charge < -0.3 is 19.5 Å². The molecule has 4 rings (SSSR count). The highest BCUT2D eigenvalue weighted by molar-refractivity contribution is 5.95. The molecule has 7 heteroatoms. The summed E-state index contributed by atoms with van der Waals surface area (Å²) >= 11 is 0. The van der Waals surface area contributed by atoms with E-state index in [4.69, 9.17) is 4.42 Å². The van der Waals surface area contributed by atoms with E-state index >= 15 is 0 Å². The van der Waals surface area contributed by atoms with Crippen molar-refractivity contribution in [1.82, 2.24) is 14.8 Å². The third-order valence-electron chi connectivity index (χ3n) is 5.77. The number of rotatable bonds is 6. The van der Waals surface area contributed by atoms with Crippen molar-refractivity contribution in [2.24, 2.45) is 5.92 Å². The molecule has 1 aliphatic heterocycles. The van der Waals surface area contributed by atoms with Gasteiger partial charge in [0.2, 0.25) is 11.8 Å². The Morgan fingerprint density at radius 3 is 2.81 bits per heavy atom. The highest BCUT2D eigenvalue weighted by Crippen LogP contribution is 2.27. The Labute approximate surface area is 187 Å². The van der Waals surface area contributed by atoms with Crippen LogP contribution in [0.3, 0.4) is 0 Å². The van der Waals surface area contributed by atoms with Gasteiger partial charge in [0.25, 0.3) is 0 Å². The topological polar surface area (TPSA) is 78.7 Å². The maximum Gasteiger partial charge on any atom is 0.246 e. The average Bonchev–Trinajstić information content (AvgIpc) is 3.07. The van der Waals surface area contributed by atoms with Crippen molar-refractivity contribution in [2.45, 2.75) is 19.9 Å². The first-order valence-electron chi connectivity index (χ1n) is 10.7. The Balaban J connectivity index is 1.44. The molecule has 0 saturated heterocycles. The predicted molar refractivity (Wildman–Crippen MR) is 125 cm³/mol. The van der Waals surface area contributed by atoms with Gasteiger partial charge >= 0.3 is 0 Å². The monoisotopic (exact) mass is 432 g/mol. The summed E-state index contributed by atoms with van der Waals surface area (Å²) in [5, 5.41) is 3.95. The second kappa shape index (κ2) is 8.96. The van der Waals surface area contributed by atoms with Gasteiger partial charge in [-0.15, -0.1) is 0 Å². The SMILES string of the molecule is Cc1c(CN(C)C(=O)/C=C/c2cnc3c(c2)CC(CN(C)C)C(=O)N3)oc2ccccc12. The molecular weight excluding hydrogens is 404 g/mol. The van der Waals surface area contributed by atoms with Crippen molar-refractivity contribution in [1.29, 1.82) is 0 Å². The number of likely N-dealkylation sites (N-methyl/N-ethyl adjacent to an activating group) is 1. The van der Waals surface area contributed by atoms with Gasteiger partial charge in [0.15, 0.2) is 0 Å². The minimum Gasteiger partial charge on any atom is -0.459 e. The van der Waals surface area contributed by atoms with Gasteiger partial charge in [0, 0.05) is 36.8 Å². The van der Waals surface area contributed by atoms with Gasteiger partial charge in [0.1, 0.15) is 17.2 Å². The summed E-state index contributed by atoms with van der Waals surface area (Å²) in [6.07, 6.45) is 5.60. The molecule has 0 aliphatic carbocycles. The number of carbonyl (C=O) groups is 2. The zero-order valence-electron chi connectivity index (χ0n) is 18.9. The van der Waals surface area contributed by atoms with Crippen LogP contribution in [-0.4, -0.2) is 54.3 Å². The van der Waals surface area contributed by atoms with Crippen LogP contribution in [-0.2, 0) is 22.6 Å². The molecule has 1 unspecified atom stereocenters. The molecule has 0 fully saturated rings. The van der Waals surface area contributed by atoms with Crippen molar-refractivity contribution in [2.75, 3.05) is 33.0 Å². The zero-order chi connectivity index (χ0) is 22.8. The minimum atomic E-state index is -0.124. The Hall–Kier alpha value is -3.45. The van der Waals surface area contributed by atoms with Gasteiger partial charge in [0.05, 0.1) is 12.5 Å². The van der Waals surface area contributed by atoms with Crippen LogP contribution in [0, 0.1) is 12.8 Å². The van der Waals surface area contributed by atoms with Crippen LogP contribution in [0.15, 0.2) is 47.0 Å². The summed E-state index contributed by atoms with van der Waals surface area (Å²) in [7, 11) is 5.66. The summed E-state index contributed by atoms with van der Waals surface area (Å²) in [6, 6.07) is 9.86. The van der Waals surface area contributed by atoms with Crippen molar-refractivity contribution in [3.63, 3.8) is 0 Å². The number of aryl methyl sites for hydroxylation is 1. The zero-order valence-corrected chi connectivity index (χ0v) is 18.9. The molecule has 1 N–H and O–H groups in total. The van der Waals surface area contributed by atoms with Gasteiger partial charge in [-0.1, -0.05) is 18.2 Å². The van der Waals surface area contributed by atoms with E-state index in [1.165, 1.54) is 0 Å². The molecular formula is C25H28N4O3. The molecule has 2 amide bonds. The number of carbonyl (C=O) groups excluding carboxylic acids is 2. The van der Waals surface area contributed by atoms with E-state index in [-0.39, 0.29) is 17.7 Å². The van der Waals surface area contributed by atoms with Crippen molar-refractivity contribution < 1.29 is 14.0 Å². The molecule has 7 nitrogen and oxygen atoms in total. The standard InChI is InChI=1S/C25H28N4O3/c1-16-20-7-5-6-8-21(20)32-22(16)15-29(4)23(30)10-9-17-11-18-12-19(14-28(2)3)25(31)27-24(18)26-13-17/h5-11,13,19H,12,14-15H2,1-4H3,(H,26,27,31)/b10-9+. The van der Waals surface area contributed by atoms with E-state index in [0.29, 0.717) is 25.3 Å². The molecule has 1 aromatic carbocycles. The summed E-state index contributed by atoms with van der Waals surface area (Å²) in [6.45, 7) is 3.08. The van der Waals surface area contributed by atoms with Gasteiger partial charge in [-0.2, -0.15) is 0 Å². The number of benzene rings is 1. The van der Waals surface area contributed by atoms with Crippen LogP contribution in [0.1, 0.15) is 22.5 Å². The molecule has 1 atom stereocenters. The lowest BCUT2D eigenvalue weighted by Crippen LogP contribution is -2.37.